The third-order valence-corrected chi connectivity index (χ3v) is 4.72. The fourth-order valence-corrected chi connectivity index (χ4v) is 3.10. The third kappa shape index (κ3) is 2.56. The van der Waals surface area contributed by atoms with Crippen LogP contribution >= 0.6 is 0 Å². The molecule has 0 spiro atoms. The topological polar surface area (TPSA) is 56.3 Å². The Morgan fingerprint density at radius 2 is 2.05 bits per heavy atom. The summed E-state index contributed by atoms with van der Waals surface area (Å²) in [6.07, 6.45) is 1.79. The lowest BCUT2D eigenvalue weighted by Crippen LogP contribution is -2.39. The van der Waals surface area contributed by atoms with E-state index in [0.29, 0.717) is 5.92 Å². The summed E-state index contributed by atoms with van der Waals surface area (Å²) in [5.41, 5.74) is 4.20. The van der Waals surface area contributed by atoms with Crippen molar-refractivity contribution in [1.82, 2.24) is 9.88 Å². The second kappa shape index (κ2) is 5.53. The van der Waals surface area contributed by atoms with Gasteiger partial charge in [-0.05, 0) is 56.4 Å². The number of aromatic nitrogens is 1. The molecule has 0 saturated carbocycles. The van der Waals surface area contributed by atoms with Crippen molar-refractivity contribution in [2.75, 3.05) is 19.7 Å². The molecule has 1 amide bonds. The Labute approximate surface area is 124 Å². The summed E-state index contributed by atoms with van der Waals surface area (Å²) in [5, 5.41) is 10.3. The highest BCUT2D eigenvalue weighted by Gasteiger charge is 2.23. The number of H-pyrrole nitrogens is 1. The number of hydrogen-bond acceptors (Lipinski definition) is 2. The Morgan fingerprint density at radius 3 is 2.71 bits per heavy atom. The molecule has 0 bridgehead atoms. The van der Waals surface area contributed by atoms with E-state index in [9.17, 15) is 9.90 Å². The number of benzene rings is 1. The number of piperidine rings is 1. The van der Waals surface area contributed by atoms with Gasteiger partial charge in [0.2, 0.25) is 0 Å². The molecule has 2 N–H and O–H groups in total. The summed E-state index contributed by atoms with van der Waals surface area (Å²) in [7, 11) is 0. The summed E-state index contributed by atoms with van der Waals surface area (Å²) >= 11 is 0. The minimum absolute atomic E-state index is 0.103. The van der Waals surface area contributed by atoms with Crippen molar-refractivity contribution in [3.63, 3.8) is 0 Å². The van der Waals surface area contributed by atoms with Crippen LogP contribution in [0.1, 0.15) is 34.5 Å². The highest BCUT2D eigenvalue weighted by molar-refractivity contribution is 5.99. The highest BCUT2D eigenvalue weighted by Crippen LogP contribution is 2.24. The molecule has 1 fully saturated rings. The van der Waals surface area contributed by atoms with E-state index in [1.54, 1.807) is 0 Å². The number of amides is 1. The molecule has 21 heavy (non-hydrogen) atoms. The van der Waals surface area contributed by atoms with Crippen molar-refractivity contribution in [3.8, 4) is 0 Å². The van der Waals surface area contributed by atoms with Gasteiger partial charge in [0.05, 0.1) is 0 Å². The summed E-state index contributed by atoms with van der Waals surface area (Å²) < 4.78 is 0. The molecule has 1 aromatic heterocycles. The van der Waals surface area contributed by atoms with E-state index in [1.165, 1.54) is 5.56 Å². The van der Waals surface area contributed by atoms with Crippen LogP contribution in [0.4, 0.5) is 0 Å². The van der Waals surface area contributed by atoms with Gasteiger partial charge in [-0.25, -0.2) is 0 Å². The zero-order chi connectivity index (χ0) is 15.0. The van der Waals surface area contributed by atoms with Crippen LogP contribution in [-0.4, -0.2) is 40.6 Å². The van der Waals surface area contributed by atoms with Crippen LogP contribution in [-0.2, 0) is 0 Å². The number of fused-ring (bicyclic) bond motifs is 1. The van der Waals surface area contributed by atoms with Gasteiger partial charge in [-0.15, -0.1) is 0 Å². The minimum atomic E-state index is 0.103. The standard InChI is InChI=1S/C17H22N2O2/c1-11-12(2)18-16-4-3-14(9-15(11)16)17(21)19-7-5-13(10-20)6-8-19/h3-4,9,13,18,20H,5-8,10H2,1-2H3. The van der Waals surface area contributed by atoms with Gasteiger partial charge in [-0.3, -0.25) is 4.79 Å². The number of nitrogens with zero attached hydrogens (tertiary/aromatic N) is 1. The van der Waals surface area contributed by atoms with Crippen LogP contribution in [0, 0.1) is 19.8 Å². The predicted molar refractivity (Wildman–Crippen MR) is 83.5 cm³/mol. The molecular formula is C17H22N2O2. The van der Waals surface area contributed by atoms with Crippen LogP contribution in [0.5, 0.6) is 0 Å². The van der Waals surface area contributed by atoms with E-state index in [2.05, 4.69) is 18.8 Å². The number of hydrogen-bond donors (Lipinski definition) is 2. The van der Waals surface area contributed by atoms with Gasteiger partial charge in [-0.1, -0.05) is 0 Å². The fraction of sp³-hybridized carbons (Fsp3) is 0.471. The van der Waals surface area contributed by atoms with E-state index in [4.69, 9.17) is 0 Å². The van der Waals surface area contributed by atoms with Crippen LogP contribution in [0.2, 0.25) is 0 Å². The van der Waals surface area contributed by atoms with Gasteiger partial charge in [0.15, 0.2) is 0 Å². The summed E-state index contributed by atoms with van der Waals surface area (Å²) in [4.78, 5) is 17.8. The Morgan fingerprint density at radius 1 is 1.33 bits per heavy atom. The Bertz CT molecular complexity index is 667. The number of aliphatic hydroxyl groups is 1. The first-order valence-electron chi connectivity index (χ1n) is 7.59. The second-order valence-electron chi connectivity index (χ2n) is 6.05. The lowest BCUT2D eigenvalue weighted by molar-refractivity contribution is 0.0651. The quantitative estimate of drug-likeness (QED) is 0.891. The van der Waals surface area contributed by atoms with E-state index in [-0.39, 0.29) is 12.5 Å². The van der Waals surface area contributed by atoms with Gasteiger partial charge >= 0.3 is 0 Å². The van der Waals surface area contributed by atoms with Crippen molar-refractivity contribution in [3.05, 3.63) is 35.0 Å². The summed E-state index contributed by atoms with van der Waals surface area (Å²) in [6.45, 7) is 5.85. The number of carbonyl (C=O) groups excluding carboxylic acids is 1. The lowest BCUT2D eigenvalue weighted by Gasteiger charge is -2.31. The van der Waals surface area contributed by atoms with Crippen LogP contribution < -0.4 is 0 Å². The number of aliphatic hydroxyl groups excluding tert-OH is 1. The molecule has 1 aliphatic heterocycles. The SMILES string of the molecule is Cc1[nH]c2ccc(C(=O)N3CCC(CO)CC3)cc2c1C. The van der Waals surface area contributed by atoms with E-state index < -0.39 is 0 Å². The average molecular weight is 286 g/mol. The Kier molecular flexibility index (Phi) is 3.72. The molecule has 4 nitrogen and oxygen atoms in total. The van der Waals surface area contributed by atoms with E-state index in [0.717, 1.165) is 48.1 Å². The molecule has 3 rings (SSSR count). The van der Waals surface area contributed by atoms with Gasteiger partial charge in [0, 0.05) is 41.9 Å². The largest absolute Gasteiger partial charge is 0.396 e. The zero-order valence-corrected chi connectivity index (χ0v) is 12.6. The molecule has 2 aromatic rings. The molecule has 0 radical (unpaired) electrons. The smallest absolute Gasteiger partial charge is 0.253 e. The summed E-state index contributed by atoms with van der Waals surface area (Å²) in [5.74, 6) is 0.456. The number of rotatable bonds is 2. The van der Waals surface area contributed by atoms with Crippen LogP contribution in [0.15, 0.2) is 18.2 Å². The van der Waals surface area contributed by atoms with Crippen molar-refractivity contribution >= 4 is 16.8 Å². The first kappa shape index (κ1) is 14.1. The molecular weight excluding hydrogens is 264 g/mol. The number of likely N-dealkylation sites (tertiary alicyclic amines) is 1. The molecule has 4 heteroatoms. The molecule has 1 saturated heterocycles. The van der Waals surface area contributed by atoms with Crippen LogP contribution in [0.3, 0.4) is 0 Å². The monoisotopic (exact) mass is 286 g/mol. The maximum absolute atomic E-state index is 12.6. The third-order valence-electron chi connectivity index (χ3n) is 4.72. The van der Waals surface area contributed by atoms with Crippen molar-refractivity contribution in [2.24, 2.45) is 5.92 Å². The molecule has 0 aliphatic carbocycles. The fourth-order valence-electron chi connectivity index (χ4n) is 3.10. The normalized spacial score (nSPS) is 16.6. The van der Waals surface area contributed by atoms with Crippen molar-refractivity contribution in [1.29, 1.82) is 0 Å². The molecule has 1 aromatic carbocycles. The van der Waals surface area contributed by atoms with Gasteiger partial charge < -0.3 is 15.0 Å². The number of carbonyl (C=O) groups is 1. The van der Waals surface area contributed by atoms with Gasteiger partial charge in [0.25, 0.3) is 5.91 Å². The van der Waals surface area contributed by atoms with Crippen molar-refractivity contribution < 1.29 is 9.90 Å². The Balaban J connectivity index is 1.83. The second-order valence-corrected chi connectivity index (χ2v) is 6.05. The average Bonchev–Trinajstić information content (AvgIpc) is 2.81. The predicted octanol–water partition coefficient (Wildman–Crippen LogP) is 2.63. The number of nitrogens with one attached hydrogen (secondary N) is 1. The summed E-state index contributed by atoms with van der Waals surface area (Å²) in [6, 6.07) is 5.88. The molecule has 1 aliphatic rings. The molecule has 112 valence electrons. The van der Waals surface area contributed by atoms with Gasteiger partial charge in [-0.2, -0.15) is 0 Å². The number of aromatic amines is 1. The van der Waals surface area contributed by atoms with Crippen LogP contribution in [0.25, 0.3) is 10.9 Å². The Hall–Kier alpha value is -1.81. The molecule has 2 heterocycles. The number of aryl methyl sites for hydroxylation is 2. The first-order valence-corrected chi connectivity index (χ1v) is 7.59. The maximum atomic E-state index is 12.6. The maximum Gasteiger partial charge on any atom is 0.253 e. The van der Waals surface area contributed by atoms with Gasteiger partial charge in [0.1, 0.15) is 0 Å². The van der Waals surface area contributed by atoms with E-state index in [1.807, 2.05) is 23.1 Å². The first-order chi connectivity index (χ1) is 10.1. The zero-order valence-electron chi connectivity index (χ0n) is 12.6. The van der Waals surface area contributed by atoms with Crippen molar-refractivity contribution in [2.45, 2.75) is 26.7 Å². The molecule has 0 unspecified atom stereocenters. The lowest BCUT2D eigenvalue weighted by atomic mass is 9.97. The van der Waals surface area contributed by atoms with E-state index >= 15 is 0 Å². The highest BCUT2D eigenvalue weighted by atomic mass is 16.3. The molecule has 0 atom stereocenters. The minimum Gasteiger partial charge on any atom is -0.396 e.